The predicted octanol–water partition coefficient (Wildman–Crippen LogP) is 1.53. The van der Waals surface area contributed by atoms with E-state index in [0.29, 0.717) is 0 Å². The van der Waals surface area contributed by atoms with E-state index in [1.54, 1.807) is 0 Å². The summed E-state index contributed by atoms with van der Waals surface area (Å²) in [5.41, 5.74) is 2.26. The van der Waals surface area contributed by atoms with Crippen molar-refractivity contribution in [1.29, 1.82) is 0 Å². The molecule has 0 aliphatic rings. The lowest BCUT2D eigenvalue weighted by Gasteiger charge is -1.94. The Morgan fingerprint density at radius 3 is 2.44 bits per heavy atom. The highest BCUT2D eigenvalue weighted by atomic mass is 15.3. The summed E-state index contributed by atoms with van der Waals surface area (Å²) in [5.74, 6) is 0. The molecule has 0 N–H and O–H groups in total. The Kier molecular flexibility index (Phi) is 1.56. The first-order chi connectivity index (χ1) is 4.24. The van der Waals surface area contributed by atoms with Crippen molar-refractivity contribution >= 4 is 0 Å². The summed E-state index contributed by atoms with van der Waals surface area (Å²) in [6.45, 7) is 7.95. The highest BCUT2D eigenvalue weighted by molar-refractivity contribution is 5.07. The van der Waals surface area contributed by atoms with Crippen molar-refractivity contribution in [2.45, 2.75) is 20.8 Å². The van der Waals surface area contributed by atoms with Gasteiger partial charge < -0.3 is 0 Å². The molecule has 0 amide bonds. The van der Waals surface area contributed by atoms with Gasteiger partial charge in [0.15, 0.2) is 0 Å². The van der Waals surface area contributed by atoms with E-state index in [1.807, 2.05) is 32.0 Å². The molecule has 9 heavy (non-hydrogen) atoms. The van der Waals surface area contributed by atoms with Crippen LogP contribution in [0, 0.1) is 20.4 Å². The lowest BCUT2D eigenvalue weighted by Crippen LogP contribution is -1.95. The Morgan fingerprint density at radius 2 is 2.22 bits per heavy atom. The van der Waals surface area contributed by atoms with E-state index >= 15 is 0 Å². The van der Waals surface area contributed by atoms with Gasteiger partial charge in [0.1, 0.15) is 0 Å². The Morgan fingerprint density at radius 1 is 1.56 bits per heavy atom. The lowest BCUT2D eigenvalue weighted by atomic mass is 10.4. The molecule has 0 bridgehead atoms. The Bertz CT molecular complexity index is 201. The van der Waals surface area contributed by atoms with Crippen molar-refractivity contribution in [3.05, 3.63) is 24.0 Å². The van der Waals surface area contributed by atoms with E-state index in [1.165, 1.54) is 5.69 Å². The minimum absolute atomic E-state index is 1.07. The minimum Gasteiger partial charge on any atom is -0.265 e. The second-order valence-corrected chi connectivity index (χ2v) is 2.13. The topological polar surface area (TPSA) is 17.8 Å². The molecule has 0 saturated heterocycles. The van der Waals surface area contributed by atoms with Gasteiger partial charge in [-0.05, 0) is 26.8 Å². The molecule has 49 valence electrons. The van der Waals surface area contributed by atoms with Crippen molar-refractivity contribution in [2.75, 3.05) is 0 Å². The van der Waals surface area contributed by atoms with Crippen LogP contribution in [0.25, 0.3) is 0 Å². The summed E-state index contributed by atoms with van der Waals surface area (Å²) in [7, 11) is 0. The van der Waals surface area contributed by atoms with Crippen LogP contribution in [0.2, 0.25) is 0 Å². The van der Waals surface area contributed by atoms with Crippen LogP contribution in [0.4, 0.5) is 0 Å². The molecule has 0 aliphatic heterocycles. The Balaban J connectivity index is 3.01. The zero-order chi connectivity index (χ0) is 6.85. The Hall–Kier alpha value is -0.790. The van der Waals surface area contributed by atoms with Crippen LogP contribution in [0.3, 0.4) is 0 Å². The first-order valence-electron chi connectivity index (χ1n) is 3.06. The van der Waals surface area contributed by atoms with Gasteiger partial charge in [-0.15, -0.1) is 0 Å². The highest BCUT2D eigenvalue weighted by Crippen LogP contribution is 2.00. The van der Waals surface area contributed by atoms with E-state index in [2.05, 4.69) is 11.2 Å². The van der Waals surface area contributed by atoms with Gasteiger partial charge >= 0.3 is 0 Å². The smallest absolute Gasteiger partial charge is 0.0715 e. The maximum atomic E-state index is 4.19. The SMILES string of the molecule is C[CH]n1nc(C)cc1C. The standard InChI is InChI=1S/C7H11N2/c1-4-9-7(3)5-6(2)8-9/h4-5H,1-3H3. The molecule has 1 heterocycles. The second-order valence-electron chi connectivity index (χ2n) is 2.13. The van der Waals surface area contributed by atoms with Gasteiger partial charge in [-0.3, -0.25) is 4.68 Å². The van der Waals surface area contributed by atoms with Gasteiger partial charge in [0.25, 0.3) is 0 Å². The van der Waals surface area contributed by atoms with Crippen molar-refractivity contribution < 1.29 is 0 Å². The first-order valence-corrected chi connectivity index (χ1v) is 3.06. The van der Waals surface area contributed by atoms with Crippen LogP contribution in [0.1, 0.15) is 18.3 Å². The molecule has 0 saturated carbocycles. The lowest BCUT2D eigenvalue weighted by molar-refractivity contribution is 0.769. The number of rotatable bonds is 1. The normalized spacial score (nSPS) is 10.1. The van der Waals surface area contributed by atoms with Crippen LogP contribution in [0.15, 0.2) is 6.07 Å². The van der Waals surface area contributed by atoms with Crippen molar-refractivity contribution in [3.63, 3.8) is 0 Å². The average molecular weight is 123 g/mol. The monoisotopic (exact) mass is 123 g/mol. The summed E-state index contributed by atoms with van der Waals surface area (Å²) in [6, 6.07) is 2.06. The Labute approximate surface area is 55.5 Å². The fourth-order valence-corrected chi connectivity index (χ4v) is 0.907. The third-order valence-electron chi connectivity index (χ3n) is 1.29. The average Bonchev–Trinajstić information content (AvgIpc) is 2.10. The van der Waals surface area contributed by atoms with Gasteiger partial charge in [0.2, 0.25) is 0 Å². The first kappa shape index (κ1) is 6.33. The van der Waals surface area contributed by atoms with Gasteiger partial charge in [0.05, 0.1) is 12.2 Å². The molecule has 1 aromatic heterocycles. The van der Waals surface area contributed by atoms with Crippen LogP contribution < -0.4 is 0 Å². The summed E-state index contributed by atoms with van der Waals surface area (Å²) >= 11 is 0. The van der Waals surface area contributed by atoms with Crippen LogP contribution in [-0.2, 0) is 0 Å². The molecule has 1 radical (unpaired) electrons. The molecule has 0 fully saturated rings. The highest BCUT2D eigenvalue weighted by Gasteiger charge is 1.95. The molecule has 2 heteroatoms. The zero-order valence-corrected chi connectivity index (χ0v) is 6.05. The maximum absolute atomic E-state index is 4.19. The summed E-state index contributed by atoms with van der Waals surface area (Å²) in [6.07, 6.45) is 0. The quantitative estimate of drug-likeness (QED) is 0.553. The fraction of sp³-hybridized carbons (Fsp3) is 0.429. The summed E-state index contributed by atoms with van der Waals surface area (Å²) < 4.78 is 1.87. The van der Waals surface area contributed by atoms with E-state index in [4.69, 9.17) is 0 Å². The van der Waals surface area contributed by atoms with Crippen LogP contribution in [-0.4, -0.2) is 9.78 Å². The molecule has 0 spiro atoms. The molecular weight excluding hydrogens is 112 g/mol. The van der Waals surface area contributed by atoms with Crippen molar-refractivity contribution in [1.82, 2.24) is 9.78 Å². The number of aryl methyl sites for hydroxylation is 2. The molecule has 0 unspecified atom stereocenters. The van der Waals surface area contributed by atoms with E-state index in [0.717, 1.165) is 5.69 Å². The molecule has 2 nitrogen and oxygen atoms in total. The molecule has 0 aliphatic carbocycles. The summed E-state index contributed by atoms with van der Waals surface area (Å²) in [4.78, 5) is 0. The van der Waals surface area contributed by atoms with Crippen LogP contribution in [0.5, 0.6) is 0 Å². The molecule has 0 aromatic carbocycles. The van der Waals surface area contributed by atoms with Gasteiger partial charge in [-0.1, -0.05) is 0 Å². The number of hydrogen-bond acceptors (Lipinski definition) is 1. The van der Waals surface area contributed by atoms with E-state index in [-0.39, 0.29) is 0 Å². The fourth-order valence-electron chi connectivity index (χ4n) is 0.907. The third-order valence-corrected chi connectivity index (χ3v) is 1.29. The summed E-state index contributed by atoms with van der Waals surface area (Å²) in [5, 5.41) is 4.19. The van der Waals surface area contributed by atoms with Gasteiger partial charge in [0, 0.05) is 5.69 Å². The van der Waals surface area contributed by atoms with Gasteiger partial charge in [-0.2, -0.15) is 5.10 Å². The van der Waals surface area contributed by atoms with Crippen LogP contribution >= 0.6 is 0 Å². The van der Waals surface area contributed by atoms with Crippen molar-refractivity contribution in [2.24, 2.45) is 0 Å². The van der Waals surface area contributed by atoms with E-state index in [9.17, 15) is 0 Å². The maximum Gasteiger partial charge on any atom is 0.0715 e. The minimum atomic E-state index is 1.07. The van der Waals surface area contributed by atoms with Crippen molar-refractivity contribution in [3.8, 4) is 0 Å². The zero-order valence-electron chi connectivity index (χ0n) is 6.05. The predicted molar refractivity (Wildman–Crippen MR) is 37.1 cm³/mol. The molecule has 1 rings (SSSR count). The number of aromatic nitrogens is 2. The largest absolute Gasteiger partial charge is 0.265 e. The third kappa shape index (κ3) is 1.12. The van der Waals surface area contributed by atoms with E-state index < -0.39 is 0 Å². The molecule has 0 atom stereocenters. The number of hydrogen-bond donors (Lipinski definition) is 0. The van der Waals surface area contributed by atoms with Gasteiger partial charge in [-0.25, -0.2) is 0 Å². The number of nitrogens with zero attached hydrogens (tertiary/aromatic N) is 2. The molecular formula is C7H11N2. The second kappa shape index (κ2) is 2.21. The molecule has 1 aromatic rings.